The second kappa shape index (κ2) is 7.36. The van der Waals surface area contributed by atoms with E-state index in [9.17, 15) is 4.79 Å². The molecule has 1 aromatic carbocycles. The van der Waals surface area contributed by atoms with E-state index in [0.29, 0.717) is 18.4 Å². The molecule has 2 N–H and O–H groups in total. The molecule has 2 aromatic rings. The fourth-order valence-electron chi connectivity index (χ4n) is 3.38. The first-order valence-corrected chi connectivity index (χ1v) is 9.25. The van der Waals surface area contributed by atoms with Gasteiger partial charge in [0.25, 0.3) is 0 Å². The number of hydrogen-bond donors (Lipinski definition) is 2. The maximum Gasteiger partial charge on any atom is 0.319 e. The van der Waals surface area contributed by atoms with Crippen LogP contribution in [0.4, 0.5) is 10.5 Å². The molecule has 1 saturated heterocycles. The van der Waals surface area contributed by atoms with Crippen molar-refractivity contribution in [3.05, 3.63) is 51.7 Å². The van der Waals surface area contributed by atoms with Crippen LogP contribution in [0.3, 0.4) is 0 Å². The summed E-state index contributed by atoms with van der Waals surface area (Å²) >= 11 is 1.81. The highest BCUT2D eigenvalue weighted by atomic mass is 32.1. The summed E-state index contributed by atoms with van der Waals surface area (Å²) in [5.41, 5.74) is 3.10. The maximum absolute atomic E-state index is 12.3. The summed E-state index contributed by atoms with van der Waals surface area (Å²) in [5.74, 6) is 0.967. The normalized spacial score (nSPS) is 21.0. The number of thiophene rings is 1. The standard InChI is InChI=1S/C19H25N3OS/c1-13-6-7-14(2)17(9-13)21-19(23)20-10-15-11-22(3)12-16(15)18-5-4-8-24-18/h4-9,15-16H,10-12H2,1-3H3,(H2,20,21,23)/t15-,16-/m0/s1. The minimum atomic E-state index is -0.122. The van der Waals surface area contributed by atoms with Crippen LogP contribution in [-0.4, -0.2) is 37.6 Å². The van der Waals surface area contributed by atoms with Crippen molar-refractivity contribution >= 4 is 23.1 Å². The Bertz CT molecular complexity index is 699. The number of hydrogen-bond acceptors (Lipinski definition) is 3. The smallest absolute Gasteiger partial charge is 0.319 e. The van der Waals surface area contributed by atoms with Crippen LogP contribution in [0.1, 0.15) is 21.9 Å². The monoisotopic (exact) mass is 343 g/mol. The Balaban J connectivity index is 1.58. The predicted molar refractivity (Wildman–Crippen MR) is 101 cm³/mol. The maximum atomic E-state index is 12.3. The summed E-state index contributed by atoms with van der Waals surface area (Å²) in [4.78, 5) is 16.0. The van der Waals surface area contributed by atoms with E-state index in [4.69, 9.17) is 0 Å². The summed E-state index contributed by atoms with van der Waals surface area (Å²) in [5, 5.41) is 8.17. The number of likely N-dealkylation sites (tertiary alicyclic amines) is 1. The van der Waals surface area contributed by atoms with E-state index in [2.05, 4.69) is 46.2 Å². The predicted octanol–water partition coefficient (Wildman–Crippen LogP) is 3.83. The lowest BCUT2D eigenvalue weighted by molar-refractivity contribution is 0.249. The largest absolute Gasteiger partial charge is 0.338 e. The van der Waals surface area contributed by atoms with Crippen molar-refractivity contribution in [2.75, 3.05) is 32.0 Å². The molecule has 1 fully saturated rings. The lowest BCUT2D eigenvalue weighted by atomic mass is 9.94. The van der Waals surface area contributed by atoms with E-state index in [-0.39, 0.29) is 6.03 Å². The number of amides is 2. The van der Waals surface area contributed by atoms with Gasteiger partial charge in [0.15, 0.2) is 0 Å². The number of nitrogens with zero attached hydrogens (tertiary/aromatic N) is 1. The summed E-state index contributed by atoms with van der Waals surface area (Å²) in [7, 11) is 2.15. The van der Waals surface area contributed by atoms with E-state index in [1.807, 2.05) is 37.3 Å². The molecule has 1 aromatic heterocycles. The van der Waals surface area contributed by atoms with Gasteiger partial charge in [0.2, 0.25) is 0 Å². The lowest BCUT2D eigenvalue weighted by Crippen LogP contribution is -2.35. The highest BCUT2D eigenvalue weighted by Crippen LogP contribution is 2.34. The van der Waals surface area contributed by atoms with Gasteiger partial charge in [0.1, 0.15) is 0 Å². The average Bonchev–Trinajstić information content (AvgIpc) is 3.18. The van der Waals surface area contributed by atoms with E-state index >= 15 is 0 Å². The van der Waals surface area contributed by atoms with Gasteiger partial charge in [-0.25, -0.2) is 4.79 Å². The third-order valence-electron chi connectivity index (χ3n) is 4.70. The molecule has 4 nitrogen and oxygen atoms in total. The zero-order valence-corrected chi connectivity index (χ0v) is 15.3. The number of carbonyl (C=O) groups excluding carboxylic acids is 1. The summed E-state index contributed by atoms with van der Waals surface area (Å²) in [6, 6.07) is 10.3. The Kier molecular flexibility index (Phi) is 5.21. The molecule has 0 unspecified atom stereocenters. The molecule has 2 heterocycles. The number of aryl methyl sites for hydroxylation is 2. The average molecular weight is 343 g/mol. The van der Waals surface area contributed by atoms with Gasteiger partial charge in [-0.2, -0.15) is 0 Å². The molecule has 2 amide bonds. The Hall–Kier alpha value is -1.85. The van der Waals surface area contributed by atoms with Crippen LogP contribution in [0.5, 0.6) is 0 Å². The van der Waals surface area contributed by atoms with Gasteiger partial charge in [-0.3, -0.25) is 0 Å². The first kappa shape index (κ1) is 17.0. The number of nitrogens with one attached hydrogen (secondary N) is 2. The van der Waals surface area contributed by atoms with E-state index < -0.39 is 0 Å². The Morgan fingerprint density at radius 3 is 2.88 bits per heavy atom. The summed E-state index contributed by atoms with van der Waals surface area (Å²) < 4.78 is 0. The molecule has 0 aliphatic carbocycles. The molecule has 2 atom stereocenters. The highest BCUT2D eigenvalue weighted by molar-refractivity contribution is 7.10. The fraction of sp³-hybridized carbons (Fsp3) is 0.421. The highest BCUT2D eigenvalue weighted by Gasteiger charge is 2.32. The lowest BCUT2D eigenvalue weighted by Gasteiger charge is -2.18. The van der Waals surface area contributed by atoms with Gasteiger partial charge in [-0.1, -0.05) is 18.2 Å². The van der Waals surface area contributed by atoms with Crippen LogP contribution in [0.2, 0.25) is 0 Å². The summed E-state index contributed by atoms with van der Waals surface area (Å²) in [6.07, 6.45) is 0. The second-order valence-corrected chi connectivity index (χ2v) is 7.74. The van der Waals surface area contributed by atoms with Crippen molar-refractivity contribution in [1.82, 2.24) is 10.2 Å². The quantitative estimate of drug-likeness (QED) is 0.886. The van der Waals surface area contributed by atoms with Gasteiger partial charge in [0.05, 0.1) is 0 Å². The molecule has 5 heteroatoms. The molecular weight excluding hydrogens is 318 g/mol. The molecule has 1 aliphatic heterocycles. The van der Waals surface area contributed by atoms with Crippen molar-refractivity contribution in [2.45, 2.75) is 19.8 Å². The minimum absolute atomic E-state index is 0.122. The van der Waals surface area contributed by atoms with E-state index in [0.717, 1.165) is 29.9 Å². The third-order valence-corrected chi connectivity index (χ3v) is 5.70. The zero-order chi connectivity index (χ0) is 17.1. The molecule has 1 aliphatic rings. The van der Waals surface area contributed by atoms with Gasteiger partial charge >= 0.3 is 6.03 Å². The van der Waals surface area contributed by atoms with Crippen LogP contribution in [0.25, 0.3) is 0 Å². The number of carbonyl (C=O) groups is 1. The molecule has 3 rings (SSSR count). The van der Waals surface area contributed by atoms with Crippen LogP contribution >= 0.6 is 11.3 Å². The van der Waals surface area contributed by atoms with Crippen molar-refractivity contribution in [3.63, 3.8) is 0 Å². The van der Waals surface area contributed by atoms with E-state index in [1.54, 1.807) is 0 Å². The Morgan fingerprint density at radius 2 is 2.12 bits per heavy atom. The SMILES string of the molecule is Cc1ccc(C)c(NC(=O)NC[C@H]2CN(C)C[C@@H]2c2cccs2)c1. The molecule has 0 saturated carbocycles. The van der Waals surface area contributed by atoms with Crippen LogP contribution in [0, 0.1) is 19.8 Å². The number of benzene rings is 1. The third kappa shape index (κ3) is 3.97. The molecule has 128 valence electrons. The first-order chi connectivity index (χ1) is 11.5. The van der Waals surface area contributed by atoms with Crippen molar-refractivity contribution < 1.29 is 4.79 Å². The number of anilines is 1. The van der Waals surface area contributed by atoms with Gasteiger partial charge < -0.3 is 15.5 Å². The zero-order valence-electron chi connectivity index (χ0n) is 14.5. The number of likely N-dealkylation sites (N-methyl/N-ethyl adjacent to an activating group) is 1. The minimum Gasteiger partial charge on any atom is -0.338 e. The van der Waals surface area contributed by atoms with Crippen LogP contribution in [-0.2, 0) is 0 Å². The Morgan fingerprint density at radius 1 is 1.29 bits per heavy atom. The van der Waals surface area contributed by atoms with Gasteiger partial charge in [-0.05, 0) is 55.5 Å². The van der Waals surface area contributed by atoms with Crippen LogP contribution < -0.4 is 10.6 Å². The van der Waals surface area contributed by atoms with Crippen LogP contribution in [0.15, 0.2) is 35.7 Å². The molecular formula is C19H25N3OS. The van der Waals surface area contributed by atoms with E-state index in [1.165, 1.54) is 4.88 Å². The topological polar surface area (TPSA) is 44.4 Å². The molecule has 0 radical (unpaired) electrons. The van der Waals surface area contributed by atoms with Gasteiger partial charge in [0, 0.05) is 36.1 Å². The number of urea groups is 1. The number of rotatable bonds is 4. The fourth-order valence-corrected chi connectivity index (χ4v) is 4.29. The molecule has 0 bridgehead atoms. The summed E-state index contributed by atoms with van der Waals surface area (Å²) in [6.45, 7) is 6.82. The molecule has 24 heavy (non-hydrogen) atoms. The van der Waals surface area contributed by atoms with Crippen molar-refractivity contribution in [3.8, 4) is 0 Å². The molecule has 0 spiro atoms. The Labute approximate surface area is 147 Å². The van der Waals surface area contributed by atoms with Crippen molar-refractivity contribution in [2.24, 2.45) is 5.92 Å². The second-order valence-electron chi connectivity index (χ2n) is 6.76. The first-order valence-electron chi connectivity index (χ1n) is 8.37. The van der Waals surface area contributed by atoms with Crippen molar-refractivity contribution in [1.29, 1.82) is 0 Å². The van der Waals surface area contributed by atoms with Gasteiger partial charge in [-0.15, -0.1) is 11.3 Å².